The molecule has 3 heterocycles. The Kier molecular flexibility index (Phi) is 5.09. The van der Waals surface area contributed by atoms with Crippen molar-refractivity contribution in [2.24, 2.45) is 0 Å². The van der Waals surface area contributed by atoms with Crippen molar-refractivity contribution in [2.45, 2.75) is 26.4 Å². The molecule has 0 aliphatic heterocycles. The van der Waals surface area contributed by atoms with Gasteiger partial charge in [0.1, 0.15) is 11.4 Å². The molecule has 0 spiro atoms. The molecule has 7 nitrogen and oxygen atoms in total. The predicted octanol–water partition coefficient (Wildman–Crippen LogP) is 5.27. The standard InChI is InChI=1S/C26H25N5O2/c1-17(2)30-16-21(19-11-7-8-12-23(19)30)22-13-24(29(3)15-18-9-5-4-6-10-18)31-25(28-22)20(14-27-31)26(32)33/h4-14,16-17H,15H2,1-3H3,(H,32,33). The molecule has 0 aliphatic carbocycles. The molecule has 5 rings (SSSR count). The number of benzene rings is 2. The number of anilines is 1. The van der Waals surface area contributed by atoms with Crippen LogP contribution < -0.4 is 4.90 Å². The summed E-state index contributed by atoms with van der Waals surface area (Å²) in [4.78, 5) is 18.7. The van der Waals surface area contributed by atoms with Gasteiger partial charge >= 0.3 is 5.97 Å². The van der Waals surface area contributed by atoms with Crippen LogP contribution in [0.3, 0.4) is 0 Å². The van der Waals surface area contributed by atoms with Gasteiger partial charge in [-0.3, -0.25) is 0 Å². The molecular weight excluding hydrogens is 414 g/mol. The number of carbonyl (C=O) groups is 1. The summed E-state index contributed by atoms with van der Waals surface area (Å²) < 4.78 is 3.83. The number of carboxylic acid groups (broad SMARTS) is 1. The topological polar surface area (TPSA) is 75.7 Å². The number of nitrogens with zero attached hydrogens (tertiary/aromatic N) is 5. The van der Waals surface area contributed by atoms with Crippen LogP contribution in [-0.2, 0) is 6.54 Å². The third kappa shape index (κ3) is 3.61. The van der Waals surface area contributed by atoms with E-state index < -0.39 is 5.97 Å². The summed E-state index contributed by atoms with van der Waals surface area (Å²) in [6, 6.07) is 20.6. The number of fused-ring (bicyclic) bond motifs is 2. The Labute approximate surface area is 191 Å². The van der Waals surface area contributed by atoms with Crippen molar-refractivity contribution in [1.82, 2.24) is 19.2 Å². The monoisotopic (exact) mass is 439 g/mol. The molecule has 0 saturated carbocycles. The van der Waals surface area contributed by atoms with E-state index in [2.05, 4.69) is 58.9 Å². The van der Waals surface area contributed by atoms with Crippen molar-refractivity contribution in [3.05, 3.63) is 84.2 Å². The lowest BCUT2D eigenvalue weighted by molar-refractivity contribution is 0.0698. The maximum absolute atomic E-state index is 11.9. The van der Waals surface area contributed by atoms with E-state index >= 15 is 0 Å². The minimum Gasteiger partial charge on any atom is -0.477 e. The number of rotatable bonds is 6. The molecule has 0 radical (unpaired) electrons. The number of aromatic nitrogens is 4. The lowest BCUT2D eigenvalue weighted by atomic mass is 10.1. The first-order valence-electron chi connectivity index (χ1n) is 10.9. The number of hydrogen-bond acceptors (Lipinski definition) is 4. The minimum absolute atomic E-state index is 0.0822. The normalized spacial score (nSPS) is 11.5. The van der Waals surface area contributed by atoms with E-state index in [0.717, 1.165) is 33.5 Å². The molecule has 5 aromatic rings. The Morgan fingerprint density at radius 2 is 1.82 bits per heavy atom. The SMILES string of the molecule is CC(C)n1cc(-c2cc(N(C)Cc3ccccc3)n3ncc(C(=O)O)c3n2)c2ccccc21. The van der Waals surface area contributed by atoms with Crippen molar-refractivity contribution < 1.29 is 9.90 Å². The van der Waals surface area contributed by atoms with Crippen LogP contribution in [-0.4, -0.2) is 37.3 Å². The van der Waals surface area contributed by atoms with E-state index in [1.54, 1.807) is 4.52 Å². The van der Waals surface area contributed by atoms with Gasteiger partial charge in [0.25, 0.3) is 0 Å². The molecular formula is C26H25N5O2. The van der Waals surface area contributed by atoms with Crippen LogP contribution in [0.15, 0.2) is 73.1 Å². The molecule has 0 fully saturated rings. The molecule has 2 aromatic carbocycles. The first-order chi connectivity index (χ1) is 15.9. The van der Waals surface area contributed by atoms with Gasteiger partial charge in [0.15, 0.2) is 5.65 Å². The van der Waals surface area contributed by atoms with E-state index in [4.69, 9.17) is 4.98 Å². The summed E-state index contributed by atoms with van der Waals surface area (Å²) in [5.74, 6) is -0.274. The van der Waals surface area contributed by atoms with Crippen molar-refractivity contribution in [2.75, 3.05) is 11.9 Å². The van der Waals surface area contributed by atoms with Gasteiger partial charge in [-0.2, -0.15) is 9.61 Å². The zero-order valence-corrected chi connectivity index (χ0v) is 18.8. The molecule has 33 heavy (non-hydrogen) atoms. The van der Waals surface area contributed by atoms with Gasteiger partial charge in [0.2, 0.25) is 0 Å². The van der Waals surface area contributed by atoms with Crippen LogP contribution in [0.2, 0.25) is 0 Å². The molecule has 0 bridgehead atoms. The maximum atomic E-state index is 11.9. The van der Waals surface area contributed by atoms with Crippen LogP contribution in [0.25, 0.3) is 27.8 Å². The molecule has 0 unspecified atom stereocenters. The van der Waals surface area contributed by atoms with Crippen molar-refractivity contribution in [3.63, 3.8) is 0 Å². The molecule has 166 valence electrons. The quantitative estimate of drug-likeness (QED) is 0.390. The Bertz CT molecular complexity index is 1470. The summed E-state index contributed by atoms with van der Waals surface area (Å²) >= 11 is 0. The van der Waals surface area contributed by atoms with Crippen LogP contribution in [0.1, 0.15) is 35.8 Å². The van der Waals surface area contributed by atoms with E-state index in [1.807, 2.05) is 43.4 Å². The van der Waals surface area contributed by atoms with Crippen molar-refractivity contribution >= 4 is 28.3 Å². The Balaban J connectivity index is 1.73. The lowest BCUT2D eigenvalue weighted by Crippen LogP contribution is -2.20. The lowest BCUT2D eigenvalue weighted by Gasteiger charge is -2.21. The zero-order valence-electron chi connectivity index (χ0n) is 18.8. The fourth-order valence-corrected chi connectivity index (χ4v) is 4.28. The fraction of sp³-hybridized carbons (Fsp3) is 0.192. The number of hydrogen-bond donors (Lipinski definition) is 1. The van der Waals surface area contributed by atoms with Crippen LogP contribution >= 0.6 is 0 Å². The molecule has 0 amide bonds. The van der Waals surface area contributed by atoms with Gasteiger partial charge in [-0.05, 0) is 25.5 Å². The van der Waals surface area contributed by atoms with E-state index in [-0.39, 0.29) is 11.6 Å². The van der Waals surface area contributed by atoms with Crippen LogP contribution in [0.4, 0.5) is 5.82 Å². The number of aromatic carboxylic acids is 1. The van der Waals surface area contributed by atoms with Gasteiger partial charge in [0, 0.05) is 48.4 Å². The molecule has 1 N–H and O–H groups in total. The van der Waals surface area contributed by atoms with Crippen molar-refractivity contribution in [3.8, 4) is 11.3 Å². The van der Waals surface area contributed by atoms with Gasteiger partial charge in [-0.1, -0.05) is 48.5 Å². The fourth-order valence-electron chi connectivity index (χ4n) is 4.28. The summed E-state index contributed by atoms with van der Waals surface area (Å²) in [6.45, 7) is 4.94. The first-order valence-corrected chi connectivity index (χ1v) is 10.9. The van der Waals surface area contributed by atoms with Crippen LogP contribution in [0.5, 0.6) is 0 Å². The molecule has 0 saturated heterocycles. The zero-order chi connectivity index (χ0) is 23.1. The van der Waals surface area contributed by atoms with E-state index in [0.29, 0.717) is 12.2 Å². The summed E-state index contributed by atoms with van der Waals surface area (Å²) in [5.41, 5.74) is 4.36. The van der Waals surface area contributed by atoms with Crippen molar-refractivity contribution in [1.29, 1.82) is 0 Å². The highest BCUT2D eigenvalue weighted by Crippen LogP contribution is 2.34. The highest BCUT2D eigenvalue weighted by molar-refractivity contribution is 5.98. The minimum atomic E-state index is -1.05. The molecule has 0 aliphatic rings. The summed E-state index contributed by atoms with van der Waals surface area (Å²) in [5, 5.41) is 15.2. The Morgan fingerprint density at radius 1 is 1.09 bits per heavy atom. The second-order valence-corrected chi connectivity index (χ2v) is 8.50. The smallest absolute Gasteiger partial charge is 0.341 e. The van der Waals surface area contributed by atoms with E-state index in [9.17, 15) is 9.90 Å². The third-order valence-corrected chi connectivity index (χ3v) is 5.91. The summed E-state index contributed by atoms with van der Waals surface area (Å²) in [6.07, 6.45) is 3.47. The second-order valence-electron chi connectivity index (χ2n) is 8.50. The highest BCUT2D eigenvalue weighted by Gasteiger charge is 2.21. The molecule has 0 atom stereocenters. The first kappa shape index (κ1) is 20.8. The number of carboxylic acids is 1. The second kappa shape index (κ2) is 8.09. The molecule has 7 heteroatoms. The summed E-state index contributed by atoms with van der Waals surface area (Å²) in [7, 11) is 1.98. The Hall–Kier alpha value is -4.13. The largest absolute Gasteiger partial charge is 0.477 e. The highest BCUT2D eigenvalue weighted by atomic mass is 16.4. The maximum Gasteiger partial charge on any atom is 0.341 e. The Morgan fingerprint density at radius 3 is 2.55 bits per heavy atom. The average molecular weight is 440 g/mol. The third-order valence-electron chi connectivity index (χ3n) is 5.91. The number of para-hydroxylation sites is 1. The average Bonchev–Trinajstić information content (AvgIpc) is 3.41. The van der Waals surface area contributed by atoms with Crippen LogP contribution in [0, 0.1) is 0 Å². The van der Waals surface area contributed by atoms with Gasteiger partial charge in [-0.25, -0.2) is 9.78 Å². The van der Waals surface area contributed by atoms with Gasteiger partial charge in [-0.15, -0.1) is 0 Å². The van der Waals surface area contributed by atoms with Gasteiger partial charge in [0.05, 0.1) is 11.9 Å². The predicted molar refractivity (Wildman–Crippen MR) is 130 cm³/mol. The van der Waals surface area contributed by atoms with E-state index in [1.165, 1.54) is 6.20 Å². The van der Waals surface area contributed by atoms with Gasteiger partial charge < -0.3 is 14.6 Å². The molecule has 3 aromatic heterocycles.